The molecule has 0 saturated carbocycles. The first-order valence-corrected chi connectivity index (χ1v) is 63.6. The second-order valence-corrected chi connectivity index (χ2v) is 46.1. The van der Waals surface area contributed by atoms with Crippen LogP contribution in [0.3, 0.4) is 0 Å². The predicted molar refractivity (Wildman–Crippen MR) is 620 cm³/mol. The maximum atomic E-state index is 18.1. The lowest BCUT2D eigenvalue weighted by atomic mass is 9.26. The summed E-state index contributed by atoms with van der Waals surface area (Å²) in [6, 6.07) is 0. The zero-order chi connectivity index (χ0) is 106. The van der Waals surface area contributed by atoms with Crippen molar-refractivity contribution in [1.29, 1.82) is 0 Å². The molecule has 840 valence electrons. The summed E-state index contributed by atoms with van der Waals surface area (Å²) in [5, 5.41) is 44.5. The lowest BCUT2D eigenvalue weighted by Gasteiger charge is -2.77. The quantitative estimate of drug-likeness (QED) is 0.0367. The van der Waals surface area contributed by atoms with Crippen LogP contribution < -0.4 is 0 Å². The monoisotopic (exact) mass is 1980 g/mol. The van der Waals surface area contributed by atoms with Crippen molar-refractivity contribution in [2.45, 2.75) is 756 Å². The molecule has 0 spiro atoms. The normalized spacial score (nSPS) is 12.8. The van der Waals surface area contributed by atoms with Crippen molar-refractivity contribution in [3.8, 4) is 0 Å². The third-order valence-corrected chi connectivity index (χ3v) is 34.8. The highest BCUT2D eigenvalue weighted by molar-refractivity contribution is 5.76. The first-order chi connectivity index (χ1) is 67.6. The molecule has 0 aromatic carbocycles. The van der Waals surface area contributed by atoms with E-state index >= 15 is 4.79 Å². The molecule has 0 aliphatic carbocycles. The van der Waals surface area contributed by atoms with Crippen molar-refractivity contribution in [2.75, 3.05) is 0 Å². The van der Waals surface area contributed by atoms with Gasteiger partial charge in [-0.1, -0.05) is 600 Å². The molecule has 0 aromatic heterocycles. The fourth-order valence-corrected chi connectivity index (χ4v) is 28.1. The molecule has 0 fully saturated rings. The first-order valence-electron chi connectivity index (χ1n) is 63.6. The van der Waals surface area contributed by atoms with Gasteiger partial charge >= 0.3 is 5.97 Å². The van der Waals surface area contributed by atoms with Crippen LogP contribution in [0.1, 0.15) is 756 Å². The SMILES string of the molecule is CC(=O)O.CC(=O)O.CC(=O)O.CC(=O)O.CCCCCCC(CCCCC(CCCCCC)(C(=O)O)C(CCCCCC)(CCCCCC)C(CCCCCC)(CCCCCC)C(CCCCCC)(CCCCCC)C(CCCCCC)(CCCCCC)C(CCCCCC)(CCCCCC)C(CCCCCC)(CCCCCC)CCCCCC)C(CCCCCC)(CCCCCC)CCCCCC. The first kappa shape index (κ1) is 146. The van der Waals surface area contributed by atoms with Gasteiger partial charge in [-0.25, -0.2) is 0 Å². The summed E-state index contributed by atoms with van der Waals surface area (Å²) < 4.78 is 0. The van der Waals surface area contributed by atoms with Crippen molar-refractivity contribution in [1.82, 2.24) is 0 Å². The van der Waals surface area contributed by atoms with Gasteiger partial charge in [0, 0.05) is 27.7 Å². The molecule has 0 amide bonds. The van der Waals surface area contributed by atoms with Gasteiger partial charge in [0.1, 0.15) is 0 Å². The van der Waals surface area contributed by atoms with Crippen LogP contribution in [0.15, 0.2) is 0 Å². The van der Waals surface area contributed by atoms with Crippen molar-refractivity contribution >= 4 is 29.8 Å². The van der Waals surface area contributed by atoms with E-state index in [-0.39, 0.29) is 38.5 Å². The Hall–Kier alpha value is -2.65. The lowest BCUT2D eigenvalue weighted by molar-refractivity contribution is -0.292. The van der Waals surface area contributed by atoms with E-state index in [1.54, 1.807) is 0 Å². The van der Waals surface area contributed by atoms with Crippen LogP contribution >= 0.6 is 0 Å². The van der Waals surface area contributed by atoms with Gasteiger partial charge in [0.25, 0.3) is 23.9 Å². The lowest BCUT2D eigenvalue weighted by Crippen LogP contribution is -2.71. The molecule has 0 heterocycles. The third kappa shape index (κ3) is 63.4. The zero-order valence-electron chi connectivity index (χ0n) is 99.8. The number of hydrogen-bond donors (Lipinski definition) is 5. The highest BCUT2D eigenvalue weighted by Crippen LogP contribution is 2.83. The Morgan fingerprint density at radius 1 is 0.157 bits per heavy atom. The minimum absolute atomic E-state index is 0.0262. The summed E-state index contributed by atoms with van der Waals surface area (Å²) in [5.41, 5.74) is -0.713. The molecular formula is C130H260O10. The molecule has 2 atom stereocenters. The van der Waals surface area contributed by atoms with Crippen molar-refractivity contribution < 1.29 is 49.5 Å². The minimum atomic E-state index is -0.834. The average Bonchev–Trinajstić information content (AvgIpc) is 0.658. The fourth-order valence-electron chi connectivity index (χ4n) is 28.1. The van der Waals surface area contributed by atoms with E-state index in [1.165, 1.54) is 578 Å². The van der Waals surface area contributed by atoms with Crippen molar-refractivity contribution in [3.63, 3.8) is 0 Å². The maximum Gasteiger partial charge on any atom is 0.310 e. The highest BCUT2D eigenvalue weighted by atomic mass is 16.4. The van der Waals surface area contributed by atoms with E-state index < -0.39 is 29.3 Å². The van der Waals surface area contributed by atoms with Gasteiger partial charge in [0.05, 0.1) is 5.41 Å². The third-order valence-electron chi connectivity index (χ3n) is 34.8. The van der Waals surface area contributed by atoms with E-state index in [0.717, 1.165) is 59.3 Å². The average molecular weight is 1980 g/mol. The summed E-state index contributed by atoms with van der Waals surface area (Å²) in [6.07, 6.45) is 125. The Balaban J connectivity index is -0.00000350. The number of hydrogen-bond acceptors (Lipinski definition) is 5. The molecule has 0 aliphatic rings. The smallest absolute Gasteiger partial charge is 0.310 e. The van der Waals surface area contributed by atoms with Gasteiger partial charge in [-0.15, -0.1) is 0 Å². The Labute approximate surface area is 879 Å². The number of carboxylic acid groups (broad SMARTS) is 5. The molecule has 0 rings (SSSR count). The van der Waals surface area contributed by atoms with Gasteiger partial charge in [-0.05, 0) is 172 Å². The second kappa shape index (κ2) is 101. The van der Waals surface area contributed by atoms with Crippen LogP contribution in [0.5, 0.6) is 0 Å². The van der Waals surface area contributed by atoms with E-state index in [1.807, 2.05) is 0 Å². The summed E-state index contributed by atoms with van der Waals surface area (Å²) in [5.74, 6) is -2.87. The fraction of sp³-hybridized carbons (Fsp3) is 0.962. The largest absolute Gasteiger partial charge is 0.481 e. The number of carboxylic acids is 5. The van der Waals surface area contributed by atoms with Gasteiger partial charge in [-0.2, -0.15) is 0 Å². The highest BCUT2D eigenvalue weighted by Gasteiger charge is 2.77. The molecule has 0 aliphatic heterocycles. The summed E-state index contributed by atoms with van der Waals surface area (Å²) in [6.45, 7) is 49.6. The molecule has 10 heteroatoms. The van der Waals surface area contributed by atoms with Gasteiger partial charge in [0.2, 0.25) is 0 Å². The summed E-state index contributed by atoms with van der Waals surface area (Å²) in [4.78, 5) is 54.1. The Morgan fingerprint density at radius 3 is 0.471 bits per heavy atom. The summed E-state index contributed by atoms with van der Waals surface area (Å²) in [7, 11) is 0. The molecular weight excluding hydrogens is 1720 g/mol. The second-order valence-electron chi connectivity index (χ2n) is 46.1. The number of aliphatic carboxylic acids is 5. The van der Waals surface area contributed by atoms with Gasteiger partial charge in [0.15, 0.2) is 0 Å². The molecule has 5 N–H and O–H groups in total. The van der Waals surface area contributed by atoms with Gasteiger partial charge < -0.3 is 25.5 Å². The van der Waals surface area contributed by atoms with Crippen molar-refractivity contribution in [2.24, 2.45) is 49.2 Å². The molecule has 0 bridgehead atoms. The van der Waals surface area contributed by atoms with Crippen LogP contribution in [0.4, 0.5) is 0 Å². The summed E-state index contributed by atoms with van der Waals surface area (Å²) >= 11 is 0. The van der Waals surface area contributed by atoms with Crippen LogP contribution in [0.25, 0.3) is 0 Å². The number of unbranched alkanes of at least 4 members (excludes halogenated alkanes) is 55. The van der Waals surface area contributed by atoms with Gasteiger partial charge in [-0.3, -0.25) is 24.0 Å². The van der Waals surface area contributed by atoms with Crippen LogP contribution in [0, 0.1) is 49.2 Å². The molecule has 140 heavy (non-hydrogen) atoms. The maximum absolute atomic E-state index is 18.1. The minimum Gasteiger partial charge on any atom is -0.481 e. The van der Waals surface area contributed by atoms with E-state index in [9.17, 15) is 5.11 Å². The molecule has 10 nitrogen and oxygen atoms in total. The Kier molecular flexibility index (Phi) is 105. The molecule has 0 aromatic rings. The topological polar surface area (TPSA) is 186 Å². The zero-order valence-corrected chi connectivity index (χ0v) is 99.8. The number of rotatable bonds is 103. The van der Waals surface area contributed by atoms with Crippen LogP contribution in [-0.4, -0.2) is 55.4 Å². The predicted octanol–water partition coefficient (Wildman–Crippen LogP) is 46.0. The van der Waals surface area contributed by atoms with E-state index in [4.69, 9.17) is 39.6 Å². The van der Waals surface area contributed by atoms with Crippen LogP contribution in [0.2, 0.25) is 0 Å². The van der Waals surface area contributed by atoms with Crippen molar-refractivity contribution in [3.05, 3.63) is 0 Å². The Morgan fingerprint density at radius 2 is 0.286 bits per heavy atom. The molecule has 2 unspecified atom stereocenters. The van der Waals surface area contributed by atoms with E-state index in [0.29, 0.717) is 5.41 Å². The van der Waals surface area contributed by atoms with Crippen LogP contribution in [-0.2, 0) is 24.0 Å². The molecule has 0 saturated heterocycles. The Bertz CT molecular complexity index is 2440. The number of carbonyl (C=O) groups is 5. The standard InChI is InChI=1S/C122H244O2.4C2H4O2/c1-19-37-55-73-93-113(115(95-75-56-38-20-2,96-76-57-39-21-3)97-77-58-40-22-4)94-74-92-102-117(114(123)124,101-81-62-44-26-8)119(105-84-65-47-29-11,106-85-66-48-30-12)121(109-88-69-51-33-15,110-89-70-52-34-16)122(111-90-71-53-35-17,112-91-72-54-36-18)120(107-86-67-49-31-13,108-87-68-50-32-14)118(103-82-63-45-27-9,104-83-64-46-28-10)116(98-78-59-41-23-5,99-79-60-42-24-6)100-80-61-43-25-7;4*1-2(3)4/h113H,19-112H2,1-18H3,(H,123,124);4*1H3,(H,3,4). The van der Waals surface area contributed by atoms with E-state index in [2.05, 4.69) is 125 Å². The molecule has 0 radical (unpaired) electrons.